The van der Waals surface area contributed by atoms with E-state index in [1.54, 1.807) is 6.20 Å². The van der Waals surface area contributed by atoms with Crippen LogP contribution in [0.2, 0.25) is 0 Å². The van der Waals surface area contributed by atoms with Crippen LogP contribution in [0.4, 0.5) is 11.4 Å². The number of pyridine rings is 1. The molecular weight excluding hydrogens is 236 g/mol. The molecule has 0 spiro atoms. The number of anilines is 2. The van der Waals surface area contributed by atoms with E-state index in [1.165, 1.54) is 13.0 Å². The van der Waals surface area contributed by atoms with E-state index in [0.29, 0.717) is 5.41 Å². The summed E-state index contributed by atoms with van der Waals surface area (Å²) in [6.45, 7) is 12.5. The molecule has 0 aromatic carbocycles. The number of piperazine rings is 1. The monoisotopic (exact) mass is 262 g/mol. The summed E-state index contributed by atoms with van der Waals surface area (Å²) in [5, 5.41) is 0. The van der Waals surface area contributed by atoms with Crippen LogP contribution in [0, 0.1) is 5.41 Å². The van der Waals surface area contributed by atoms with Gasteiger partial charge >= 0.3 is 0 Å². The van der Waals surface area contributed by atoms with Gasteiger partial charge in [-0.25, -0.2) is 0 Å². The Labute approximate surface area is 116 Å². The molecule has 0 bridgehead atoms. The van der Waals surface area contributed by atoms with Crippen LogP contribution in [-0.4, -0.2) is 42.6 Å². The molecule has 4 nitrogen and oxygen atoms in total. The van der Waals surface area contributed by atoms with Crippen LogP contribution in [0.1, 0.15) is 27.2 Å². The van der Waals surface area contributed by atoms with E-state index in [0.717, 1.165) is 37.6 Å². The van der Waals surface area contributed by atoms with Crippen LogP contribution in [-0.2, 0) is 0 Å². The number of aromatic nitrogens is 1. The van der Waals surface area contributed by atoms with Gasteiger partial charge in [0.05, 0.1) is 17.6 Å². The first-order chi connectivity index (χ1) is 8.96. The summed E-state index contributed by atoms with van der Waals surface area (Å²) in [7, 11) is 0. The lowest BCUT2D eigenvalue weighted by Gasteiger charge is -2.37. The van der Waals surface area contributed by atoms with Crippen molar-refractivity contribution in [1.82, 2.24) is 9.88 Å². The summed E-state index contributed by atoms with van der Waals surface area (Å²) in [5.74, 6) is 0. The summed E-state index contributed by atoms with van der Waals surface area (Å²) < 4.78 is 0. The Morgan fingerprint density at radius 3 is 2.47 bits per heavy atom. The third-order valence-corrected chi connectivity index (χ3v) is 3.72. The van der Waals surface area contributed by atoms with Crippen molar-refractivity contribution in [3.63, 3.8) is 0 Å². The summed E-state index contributed by atoms with van der Waals surface area (Å²) in [6, 6.07) is 2.01. The van der Waals surface area contributed by atoms with Crippen LogP contribution < -0.4 is 10.6 Å². The van der Waals surface area contributed by atoms with E-state index in [-0.39, 0.29) is 0 Å². The van der Waals surface area contributed by atoms with Crippen molar-refractivity contribution in [2.75, 3.05) is 43.4 Å². The molecule has 1 saturated heterocycles. The van der Waals surface area contributed by atoms with Crippen LogP contribution in [0.25, 0.3) is 0 Å². The zero-order valence-electron chi connectivity index (χ0n) is 12.4. The quantitative estimate of drug-likeness (QED) is 0.907. The Kier molecular flexibility index (Phi) is 4.30. The van der Waals surface area contributed by atoms with Crippen molar-refractivity contribution in [1.29, 1.82) is 0 Å². The highest BCUT2D eigenvalue weighted by Crippen LogP contribution is 2.23. The lowest BCUT2D eigenvalue weighted by Crippen LogP contribution is -2.47. The van der Waals surface area contributed by atoms with Gasteiger partial charge in [-0.05, 0) is 24.4 Å². The van der Waals surface area contributed by atoms with Gasteiger partial charge in [0.15, 0.2) is 0 Å². The fraction of sp³-hybridized carbons (Fsp3) is 0.667. The Bertz CT molecular complexity index is 403. The van der Waals surface area contributed by atoms with Gasteiger partial charge in [-0.2, -0.15) is 0 Å². The summed E-state index contributed by atoms with van der Waals surface area (Å²) >= 11 is 0. The number of nitrogens with zero attached hydrogens (tertiary/aromatic N) is 3. The molecule has 1 aromatic heterocycles. The van der Waals surface area contributed by atoms with Crippen molar-refractivity contribution >= 4 is 11.4 Å². The predicted molar refractivity (Wildman–Crippen MR) is 81.4 cm³/mol. The maximum atomic E-state index is 5.98. The van der Waals surface area contributed by atoms with Gasteiger partial charge in [0.25, 0.3) is 0 Å². The predicted octanol–water partition coefficient (Wildman–Crippen LogP) is 2.22. The normalized spacial score (nSPS) is 17.7. The summed E-state index contributed by atoms with van der Waals surface area (Å²) in [4.78, 5) is 8.97. The highest BCUT2D eigenvalue weighted by Gasteiger charge is 2.20. The van der Waals surface area contributed by atoms with Gasteiger partial charge in [-0.15, -0.1) is 0 Å². The molecule has 1 aromatic rings. The van der Waals surface area contributed by atoms with Gasteiger partial charge in [0.1, 0.15) is 0 Å². The number of nitrogen functional groups attached to an aromatic ring is 1. The largest absolute Gasteiger partial charge is 0.396 e. The fourth-order valence-corrected chi connectivity index (χ4v) is 2.39. The maximum Gasteiger partial charge on any atom is 0.0738 e. The topological polar surface area (TPSA) is 45.4 Å². The highest BCUT2D eigenvalue weighted by molar-refractivity contribution is 5.66. The van der Waals surface area contributed by atoms with Crippen molar-refractivity contribution in [2.24, 2.45) is 5.41 Å². The first-order valence-electron chi connectivity index (χ1n) is 7.12. The second kappa shape index (κ2) is 5.78. The Hall–Kier alpha value is -1.29. The zero-order chi connectivity index (χ0) is 13.9. The second-order valence-electron chi connectivity index (χ2n) is 6.57. The number of nitrogens with two attached hydrogens (primary N) is 1. The summed E-state index contributed by atoms with van der Waals surface area (Å²) in [6.07, 6.45) is 4.81. The van der Waals surface area contributed by atoms with Crippen molar-refractivity contribution in [2.45, 2.75) is 27.2 Å². The van der Waals surface area contributed by atoms with Crippen LogP contribution in [0.5, 0.6) is 0 Å². The standard InChI is InChI=1S/C15H26N4/c1-15(2,3)5-7-18-8-10-19(11-9-18)14-4-6-17-12-13(14)16/h4,6,12H,5,7-11,16H2,1-3H3. The molecule has 0 saturated carbocycles. The van der Waals surface area contributed by atoms with E-state index in [1.807, 2.05) is 12.3 Å². The minimum atomic E-state index is 0.423. The molecular formula is C15H26N4. The molecule has 4 heteroatoms. The Morgan fingerprint density at radius 1 is 1.21 bits per heavy atom. The minimum Gasteiger partial charge on any atom is -0.396 e. The van der Waals surface area contributed by atoms with Crippen LogP contribution in [0.15, 0.2) is 18.5 Å². The van der Waals surface area contributed by atoms with E-state index in [4.69, 9.17) is 5.73 Å². The molecule has 0 atom stereocenters. The molecule has 106 valence electrons. The van der Waals surface area contributed by atoms with Gasteiger partial charge in [0, 0.05) is 32.4 Å². The van der Waals surface area contributed by atoms with Crippen LogP contribution >= 0.6 is 0 Å². The molecule has 2 heterocycles. The average molecular weight is 262 g/mol. The Morgan fingerprint density at radius 2 is 1.89 bits per heavy atom. The third-order valence-electron chi connectivity index (χ3n) is 3.72. The molecule has 0 amide bonds. The number of rotatable bonds is 3. The minimum absolute atomic E-state index is 0.423. The molecule has 1 fully saturated rings. The second-order valence-corrected chi connectivity index (χ2v) is 6.57. The van der Waals surface area contributed by atoms with Gasteiger partial charge in [-0.1, -0.05) is 20.8 Å². The highest BCUT2D eigenvalue weighted by atomic mass is 15.3. The van der Waals surface area contributed by atoms with Crippen molar-refractivity contribution < 1.29 is 0 Å². The molecule has 0 radical (unpaired) electrons. The van der Waals surface area contributed by atoms with Crippen LogP contribution in [0.3, 0.4) is 0 Å². The van der Waals surface area contributed by atoms with Gasteiger partial charge < -0.3 is 10.6 Å². The van der Waals surface area contributed by atoms with E-state index in [2.05, 4.69) is 35.6 Å². The van der Waals surface area contributed by atoms with Gasteiger partial charge in [0.2, 0.25) is 0 Å². The lowest BCUT2D eigenvalue weighted by atomic mass is 9.92. The van der Waals surface area contributed by atoms with E-state index >= 15 is 0 Å². The molecule has 0 unspecified atom stereocenters. The van der Waals surface area contributed by atoms with Gasteiger partial charge in [-0.3, -0.25) is 9.88 Å². The number of hydrogen-bond acceptors (Lipinski definition) is 4. The molecule has 1 aliphatic heterocycles. The zero-order valence-corrected chi connectivity index (χ0v) is 12.4. The molecule has 19 heavy (non-hydrogen) atoms. The fourth-order valence-electron chi connectivity index (χ4n) is 2.39. The first kappa shape index (κ1) is 14.1. The van der Waals surface area contributed by atoms with E-state index in [9.17, 15) is 0 Å². The number of hydrogen-bond donors (Lipinski definition) is 1. The lowest BCUT2D eigenvalue weighted by molar-refractivity contribution is 0.217. The molecule has 2 N–H and O–H groups in total. The molecule has 0 aliphatic carbocycles. The Balaban J connectivity index is 1.84. The maximum absolute atomic E-state index is 5.98. The summed E-state index contributed by atoms with van der Waals surface area (Å²) in [5.41, 5.74) is 8.32. The average Bonchev–Trinajstić information content (AvgIpc) is 2.37. The molecule has 2 rings (SSSR count). The van der Waals surface area contributed by atoms with Crippen molar-refractivity contribution in [3.05, 3.63) is 18.5 Å². The first-order valence-corrected chi connectivity index (χ1v) is 7.12. The van der Waals surface area contributed by atoms with E-state index < -0.39 is 0 Å². The smallest absolute Gasteiger partial charge is 0.0738 e. The van der Waals surface area contributed by atoms with Crippen molar-refractivity contribution in [3.8, 4) is 0 Å². The molecule has 1 aliphatic rings. The third kappa shape index (κ3) is 4.10. The SMILES string of the molecule is CC(C)(C)CCN1CCN(c2ccncc2N)CC1.